The van der Waals surface area contributed by atoms with E-state index in [2.05, 4.69) is 10.3 Å². The van der Waals surface area contributed by atoms with Gasteiger partial charge in [0.05, 0.1) is 40.8 Å². The summed E-state index contributed by atoms with van der Waals surface area (Å²) in [7, 11) is 0. The Hall–Kier alpha value is -3.29. The Morgan fingerprint density at radius 3 is 2.81 bits per heavy atom. The van der Waals surface area contributed by atoms with E-state index >= 15 is 0 Å². The molecule has 5 nitrogen and oxygen atoms in total. The van der Waals surface area contributed by atoms with Crippen LogP contribution in [0.3, 0.4) is 0 Å². The molecule has 2 bridgehead atoms. The average molecular weight is 440 g/mol. The van der Waals surface area contributed by atoms with E-state index in [-0.39, 0.29) is 30.5 Å². The fourth-order valence-corrected chi connectivity index (χ4v) is 3.64. The first-order valence-corrected chi connectivity index (χ1v) is 9.98. The van der Waals surface area contributed by atoms with Gasteiger partial charge in [-0.25, -0.2) is 13.8 Å². The maximum Gasteiger partial charge on any atom is 0.165 e. The van der Waals surface area contributed by atoms with Crippen LogP contribution in [0, 0.1) is 11.6 Å². The van der Waals surface area contributed by atoms with Crippen LogP contribution in [0.4, 0.5) is 20.2 Å². The summed E-state index contributed by atoms with van der Waals surface area (Å²) in [6.45, 7) is 0.642. The van der Waals surface area contributed by atoms with Gasteiger partial charge in [-0.15, -0.1) is 0 Å². The molecule has 1 aliphatic rings. The Kier molecular flexibility index (Phi) is 5.13. The molecule has 8 heteroatoms. The number of fused-ring (bicyclic) bond motifs is 4. The number of benzene rings is 2. The van der Waals surface area contributed by atoms with Gasteiger partial charge in [0.15, 0.2) is 5.82 Å². The first kappa shape index (κ1) is 19.7. The lowest BCUT2D eigenvalue weighted by atomic mass is 10.1. The van der Waals surface area contributed by atoms with E-state index in [1.807, 2.05) is 0 Å². The van der Waals surface area contributed by atoms with Gasteiger partial charge in [0, 0.05) is 17.3 Å². The molecule has 3 heterocycles. The van der Waals surface area contributed by atoms with E-state index in [1.165, 1.54) is 18.2 Å². The molecule has 0 saturated heterocycles. The third kappa shape index (κ3) is 3.78. The molecule has 0 unspecified atom stereocenters. The number of halogens is 3. The molecule has 0 spiro atoms. The van der Waals surface area contributed by atoms with Gasteiger partial charge in [0.25, 0.3) is 0 Å². The largest absolute Gasteiger partial charge is 0.490 e. The zero-order valence-corrected chi connectivity index (χ0v) is 16.9. The highest BCUT2D eigenvalue weighted by atomic mass is 35.5. The van der Waals surface area contributed by atoms with Crippen molar-refractivity contribution >= 4 is 34.0 Å². The second-order valence-corrected chi connectivity index (χ2v) is 7.39. The monoisotopic (exact) mass is 439 g/mol. The highest BCUT2D eigenvalue weighted by molar-refractivity contribution is 6.31. The molecular formula is C23H16ClF2N3O2. The Bertz CT molecular complexity index is 1300. The highest BCUT2D eigenvalue weighted by Crippen LogP contribution is 2.35. The standard InChI is InChI=1S/C23H16ClF2N3O2/c24-16-3-1-13-12-30-9-10-31-20-6-2-14(25)11-15(20)17-4-5-18-23(28-17)19(7-8-27-18)29-22(13)21(16)26/h1-8,11,29H,9-10,12H2. The number of anilines is 2. The molecule has 0 saturated carbocycles. The van der Waals surface area contributed by atoms with E-state index in [9.17, 15) is 8.78 Å². The van der Waals surface area contributed by atoms with E-state index in [0.717, 1.165) is 0 Å². The molecule has 156 valence electrons. The van der Waals surface area contributed by atoms with Crippen LogP contribution in [0.1, 0.15) is 5.56 Å². The van der Waals surface area contributed by atoms with Crippen molar-refractivity contribution in [1.29, 1.82) is 0 Å². The number of nitrogens with zero attached hydrogens (tertiary/aromatic N) is 2. The van der Waals surface area contributed by atoms with Gasteiger partial charge < -0.3 is 14.8 Å². The highest BCUT2D eigenvalue weighted by Gasteiger charge is 2.17. The fraction of sp³-hybridized carbons (Fsp3) is 0.130. The molecule has 0 atom stereocenters. The maximum atomic E-state index is 14.9. The third-order valence-electron chi connectivity index (χ3n) is 4.99. The van der Waals surface area contributed by atoms with E-state index in [0.29, 0.717) is 39.3 Å². The Morgan fingerprint density at radius 2 is 1.90 bits per heavy atom. The zero-order valence-electron chi connectivity index (χ0n) is 16.2. The number of ether oxygens (including phenoxy) is 2. The zero-order chi connectivity index (χ0) is 21.4. The second-order valence-electron chi connectivity index (χ2n) is 6.98. The Morgan fingerprint density at radius 1 is 1.00 bits per heavy atom. The molecule has 5 rings (SSSR count). The molecule has 0 fully saturated rings. The second kappa shape index (κ2) is 8.09. The van der Waals surface area contributed by atoms with Gasteiger partial charge in [0.2, 0.25) is 0 Å². The lowest BCUT2D eigenvalue weighted by molar-refractivity contribution is 0.0892. The average Bonchev–Trinajstić information content (AvgIpc) is 2.78. The number of hydrogen-bond acceptors (Lipinski definition) is 5. The summed E-state index contributed by atoms with van der Waals surface area (Å²) in [5.41, 5.74) is 3.44. The molecule has 2 aromatic carbocycles. The SMILES string of the molecule is Fc1ccc2c(c1)-c1ccc3nccc(c3n1)Nc1c(ccc(Cl)c1F)COCCO2. The summed E-state index contributed by atoms with van der Waals surface area (Å²) in [4.78, 5) is 9.03. The van der Waals surface area contributed by atoms with Gasteiger partial charge in [-0.05, 0) is 42.5 Å². The first-order valence-electron chi connectivity index (χ1n) is 9.60. The smallest absolute Gasteiger partial charge is 0.165 e. The predicted molar refractivity (Wildman–Crippen MR) is 115 cm³/mol. The van der Waals surface area contributed by atoms with Gasteiger partial charge in [-0.3, -0.25) is 4.98 Å². The molecule has 0 amide bonds. The minimum atomic E-state index is -0.584. The number of aromatic nitrogens is 2. The maximum absolute atomic E-state index is 14.9. The fourth-order valence-electron chi connectivity index (χ4n) is 3.48. The summed E-state index contributed by atoms with van der Waals surface area (Å²) in [6.07, 6.45) is 1.60. The van der Waals surface area contributed by atoms with Crippen LogP contribution in [0.15, 0.2) is 54.7 Å². The van der Waals surface area contributed by atoms with Crippen molar-refractivity contribution in [3.8, 4) is 17.0 Å². The van der Waals surface area contributed by atoms with Crippen molar-refractivity contribution in [3.63, 3.8) is 0 Å². The molecule has 2 aromatic heterocycles. The van der Waals surface area contributed by atoms with Crippen molar-refractivity contribution in [2.45, 2.75) is 6.61 Å². The molecule has 0 radical (unpaired) electrons. The molecular weight excluding hydrogens is 424 g/mol. The van der Waals surface area contributed by atoms with Gasteiger partial charge in [-0.1, -0.05) is 17.7 Å². The molecule has 0 aliphatic carbocycles. The molecule has 31 heavy (non-hydrogen) atoms. The van der Waals surface area contributed by atoms with Crippen molar-refractivity contribution in [1.82, 2.24) is 9.97 Å². The predicted octanol–water partition coefficient (Wildman–Crippen LogP) is 5.88. The van der Waals surface area contributed by atoms with Crippen LogP contribution in [-0.2, 0) is 11.3 Å². The van der Waals surface area contributed by atoms with Crippen LogP contribution in [0.5, 0.6) is 5.75 Å². The van der Waals surface area contributed by atoms with Crippen LogP contribution in [0.25, 0.3) is 22.3 Å². The molecule has 4 aromatic rings. The number of hydrogen-bond donors (Lipinski definition) is 1. The van der Waals surface area contributed by atoms with Gasteiger partial charge in [0.1, 0.15) is 23.7 Å². The summed E-state index contributed by atoms with van der Waals surface area (Å²) >= 11 is 6.02. The Balaban J connectivity index is 1.73. The molecule has 1 aliphatic heterocycles. The summed E-state index contributed by atoms with van der Waals surface area (Å²) < 4.78 is 40.4. The van der Waals surface area contributed by atoms with Gasteiger partial charge in [-0.2, -0.15) is 0 Å². The first-order chi connectivity index (χ1) is 15.1. The van der Waals surface area contributed by atoms with E-state index < -0.39 is 11.6 Å². The topological polar surface area (TPSA) is 56.3 Å². The van der Waals surface area contributed by atoms with Gasteiger partial charge >= 0.3 is 0 Å². The minimum Gasteiger partial charge on any atom is -0.490 e. The van der Waals surface area contributed by atoms with E-state index in [1.54, 1.807) is 36.5 Å². The van der Waals surface area contributed by atoms with Crippen molar-refractivity contribution in [2.75, 3.05) is 18.5 Å². The van der Waals surface area contributed by atoms with Crippen LogP contribution in [-0.4, -0.2) is 23.2 Å². The van der Waals surface area contributed by atoms with Crippen molar-refractivity contribution in [3.05, 3.63) is 76.9 Å². The number of nitrogens with one attached hydrogen (secondary N) is 1. The Labute approximate surface area is 181 Å². The lowest BCUT2D eigenvalue weighted by Crippen LogP contribution is -2.10. The summed E-state index contributed by atoms with van der Waals surface area (Å²) in [5.74, 6) is -0.498. The normalized spacial score (nSPS) is 13.6. The van der Waals surface area contributed by atoms with Crippen molar-refractivity contribution in [2.24, 2.45) is 0 Å². The summed E-state index contributed by atoms with van der Waals surface area (Å²) in [6, 6.07) is 12.7. The third-order valence-corrected chi connectivity index (χ3v) is 5.28. The number of pyridine rings is 2. The van der Waals surface area contributed by atoms with E-state index in [4.69, 9.17) is 26.1 Å². The molecule has 1 N–H and O–H groups in total. The van der Waals surface area contributed by atoms with Crippen LogP contribution >= 0.6 is 11.6 Å². The number of rotatable bonds is 0. The summed E-state index contributed by atoms with van der Waals surface area (Å²) in [5, 5.41) is 3.10. The van der Waals surface area contributed by atoms with Crippen LogP contribution < -0.4 is 10.1 Å². The van der Waals surface area contributed by atoms with Crippen molar-refractivity contribution < 1.29 is 18.3 Å². The lowest BCUT2D eigenvalue weighted by Gasteiger charge is -2.17. The van der Waals surface area contributed by atoms with Crippen LogP contribution in [0.2, 0.25) is 5.02 Å². The quantitative estimate of drug-likeness (QED) is 0.370. The minimum absolute atomic E-state index is 0.00730.